The van der Waals surface area contributed by atoms with Crippen molar-refractivity contribution in [3.63, 3.8) is 0 Å². The highest BCUT2D eigenvalue weighted by Gasteiger charge is 2.03. The van der Waals surface area contributed by atoms with E-state index in [9.17, 15) is 0 Å². The van der Waals surface area contributed by atoms with Gasteiger partial charge in [0.25, 0.3) is 0 Å². The van der Waals surface area contributed by atoms with Crippen LogP contribution in [0.25, 0.3) is 0 Å². The van der Waals surface area contributed by atoms with Gasteiger partial charge in [-0.05, 0) is 52.5 Å². The zero-order chi connectivity index (χ0) is 13.1. The SMILES string of the molecule is Cc1ccc(CNc2cc(Br)cnc2Cl)cc1C. The highest BCUT2D eigenvalue weighted by Crippen LogP contribution is 2.23. The number of pyridine rings is 1. The lowest BCUT2D eigenvalue weighted by molar-refractivity contribution is 1.12. The molecule has 4 heteroatoms. The minimum Gasteiger partial charge on any atom is -0.378 e. The fourth-order valence-corrected chi connectivity index (χ4v) is 2.16. The van der Waals surface area contributed by atoms with Gasteiger partial charge in [-0.2, -0.15) is 0 Å². The molecule has 1 aromatic carbocycles. The van der Waals surface area contributed by atoms with E-state index in [1.807, 2.05) is 6.07 Å². The van der Waals surface area contributed by atoms with Gasteiger partial charge in [0.05, 0.1) is 5.69 Å². The standard InChI is InChI=1S/C14H14BrClN2/c1-9-3-4-11(5-10(9)2)7-17-13-6-12(15)8-18-14(13)16/h3-6,8,17H,7H2,1-2H3. The Labute approximate surface area is 121 Å². The summed E-state index contributed by atoms with van der Waals surface area (Å²) in [6, 6.07) is 8.36. The van der Waals surface area contributed by atoms with Gasteiger partial charge in [-0.1, -0.05) is 29.8 Å². The molecule has 1 N–H and O–H groups in total. The van der Waals surface area contributed by atoms with Crippen molar-refractivity contribution in [2.24, 2.45) is 0 Å². The van der Waals surface area contributed by atoms with E-state index >= 15 is 0 Å². The third kappa shape index (κ3) is 3.24. The van der Waals surface area contributed by atoms with Crippen molar-refractivity contribution in [3.8, 4) is 0 Å². The monoisotopic (exact) mass is 324 g/mol. The van der Waals surface area contributed by atoms with Crippen molar-refractivity contribution in [2.45, 2.75) is 20.4 Å². The van der Waals surface area contributed by atoms with Crippen LogP contribution >= 0.6 is 27.5 Å². The molecule has 18 heavy (non-hydrogen) atoms. The Bertz CT molecular complexity index is 570. The van der Waals surface area contributed by atoms with Crippen LogP contribution in [0.2, 0.25) is 5.15 Å². The van der Waals surface area contributed by atoms with Crippen LogP contribution in [-0.2, 0) is 6.54 Å². The second-order valence-electron chi connectivity index (χ2n) is 4.26. The molecule has 94 valence electrons. The van der Waals surface area contributed by atoms with Gasteiger partial charge >= 0.3 is 0 Å². The summed E-state index contributed by atoms with van der Waals surface area (Å²) in [5.41, 5.74) is 4.67. The molecular weight excluding hydrogens is 312 g/mol. The molecule has 0 aliphatic rings. The molecule has 0 aliphatic heterocycles. The molecule has 1 aromatic heterocycles. The van der Waals surface area contributed by atoms with Gasteiger partial charge in [-0.3, -0.25) is 0 Å². The van der Waals surface area contributed by atoms with Crippen LogP contribution in [0, 0.1) is 13.8 Å². The number of nitrogens with one attached hydrogen (secondary N) is 1. The van der Waals surface area contributed by atoms with E-state index in [-0.39, 0.29) is 0 Å². The average molecular weight is 326 g/mol. The van der Waals surface area contributed by atoms with Crippen molar-refractivity contribution >= 4 is 33.2 Å². The summed E-state index contributed by atoms with van der Waals surface area (Å²) in [4.78, 5) is 4.08. The lowest BCUT2D eigenvalue weighted by Crippen LogP contribution is -2.01. The summed E-state index contributed by atoms with van der Waals surface area (Å²) in [5.74, 6) is 0. The minimum atomic E-state index is 0.488. The van der Waals surface area contributed by atoms with Crippen LogP contribution in [0.5, 0.6) is 0 Å². The summed E-state index contributed by atoms with van der Waals surface area (Å²) >= 11 is 9.41. The van der Waals surface area contributed by atoms with Gasteiger partial charge in [0.15, 0.2) is 5.15 Å². The van der Waals surface area contributed by atoms with Gasteiger partial charge in [-0.15, -0.1) is 0 Å². The lowest BCUT2D eigenvalue weighted by atomic mass is 10.1. The van der Waals surface area contributed by atoms with E-state index in [2.05, 4.69) is 58.3 Å². The van der Waals surface area contributed by atoms with Gasteiger partial charge in [-0.25, -0.2) is 4.98 Å². The number of hydrogen-bond donors (Lipinski definition) is 1. The largest absolute Gasteiger partial charge is 0.378 e. The number of hydrogen-bond acceptors (Lipinski definition) is 2. The molecule has 0 saturated heterocycles. The van der Waals surface area contributed by atoms with E-state index in [1.54, 1.807) is 6.20 Å². The number of anilines is 1. The Balaban J connectivity index is 2.11. The van der Waals surface area contributed by atoms with Crippen LogP contribution < -0.4 is 5.32 Å². The summed E-state index contributed by atoms with van der Waals surface area (Å²) in [6.07, 6.45) is 1.68. The second-order valence-corrected chi connectivity index (χ2v) is 5.54. The first-order chi connectivity index (χ1) is 8.56. The van der Waals surface area contributed by atoms with Crippen LogP contribution in [-0.4, -0.2) is 4.98 Å². The third-order valence-corrected chi connectivity index (χ3v) is 3.59. The van der Waals surface area contributed by atoms with E-state index in [0.717, 1.165) is 16.7 Å². The molecule has 2 rings (SSSR count). The minimum absolute atomic E-state index is 0.488. The van der Waals surface area contributed by atoms with Crippen molar-refractivity contribution in [3.05, 3.63) is 56.8 Å². The van der Waals surface area contributed by atoms with Gasteiger partial charge in [0.1, 0.15) is 0 Å². The molecule has 2 aromatic rings. The predicted octanol–water partition coefficient (Wildman–Crippen LogP) is 4.73. The van der Waals surface area contributed by atoms with Crippen LogP contribution in [0.3, 0.4) is 0 Å². The molecule has 1 heterocycles. The van der Waals surface area contributed by atoms with Crippen molar-refractivity contribution in [2.75, 3.05) is 5.32 Å². The van der Waals surface area contributed by atoms with E-state index in [0.29, 0.717) is 5.15 Å². The van der Waals surface area contributed by atoms with Gasteiger partial charge < -0.3 is 5.32 Å². The maximum atomic E-state index is 6.02. The van der Waals surface area contributed by atoms with Gasteiger partial charge in [0, 0.05) is 17.2 Å². The van der Waals surface area contributed by atoms with Crippen LogP contribution in [0.4, 0.5) is 5.69 Å². The molecule has 0 unspecified atom stereocenters. The molecule has 0 fully saturated rings. The van der Waals surface area contributed by atoms with Crippen LogP contribution in [0.1, 0.15) is 16.7 Å². The first-order valence-electron chi connectivity index (χ1n) is 5.67. The van der Waals surface area contributed by atoms with Crippen molar-refractivity contribution < 1.29 is 0 Å². The Morgan fingerprint density at radius 2 is 2.00 bits per heavy atom. The molecule has 0 saturated carbocycles. The number of nitrogens with zero attached hydrogens (tertiary/aromatic N) is 1. The maximum Gasteiger partial charge on any atom is 0.152 e. The number of rotatable bonds is 3. The predicted molar refractivity (Wildman–Crippen MR) is 80.2 cm³/mol. The zero-order valence-electron chi connectivity index (χ0n) is 10.3. The van der Waals surface area contributed by atoms with Crippen molar-refractivity contribution in [1.29, 1.82) is 0 Å². The van der Waals surface area contributed by atoms with Crippen molar-refractivity contribution in [1.82, 2.24) is 4.98 Å². The lowest BCUT2D eigenvalue weighted by Gasteiger charge is -2.09. The first-order valence-corrected chi connectivity index (χ1v) is 6.84. The second kappa shape index (κ2) is 5.72. The third-order valence-electron chi connectivity index (χ3n) is 2.86. The Morgan fingerprint density at radius 1 is 1.22 bits per heavy atom. The molecule has 0 amide bonds. The highest BCUT2D eigenvalue weighted by atomic mass is 79.9. The fourth-order valence-electron chi connectivity index (χ4n) is 1.66. The Hall–Kier alpha value is -1.06. The topological polar surface area (TPSA) is 24.9 Å². The molecule has 0 spiro atoms. The summed E-state index contributed by atoms with van der Waals surface area (Å²) in [7, 11) is 0. The van der Waals surface area contributed by atoms with Gasteiger partial charge in [0.2, 0.25) is 0 Å². The molecule has 0 bridgehead atoms. The summed E-state index contributed by atoms with van der Waals surface area (Å²) in [5, 5.41) is 3.78. The number of aryl methyl sites for hydroxylation is 2. The van der Waals surface area contributed by atoms with E-state index < -0.39 is 0 Å². The normalized spacial score (nSPS) is 10.4. The smallest absolute Gasteiger partial charge is 0.152 e. The van der Waals surface area contributed by atoms with Crippen LogP contribution in [0.15, 0.2) is 34.9 Å². The summed E-state index contributed by atoms with van der Waals surface area (Å²) in [6.45, 7) is 4.97. The zero-order valence-corrected chi connectivity index (χ0v) is 12.6. The summed E-state index contributed by atoms with van der Waals surface area (Å²) < 4.78 is 0.912. The number of benzene rings is 1. The molecule has 0 atom stereocenters. The quantitative estimate of drug-likeness (QED) is 0.825. The van der Waals surface area contributed by atoms with E-state index in [4.69, 9.17) is 11.6 Å². The Kier molecular flexibility index (Phi) is 4.25. The number of aromatic nitrogens is 1. The highest BCUT2D eigenvalue weighted by molar-refractivity contribution is 9.10. The number of halogens is 2. The Morgan fingerprint density at radius 3 is 2.72 bits per heavy atom. The maximum absolute atomic E-state index is 6.02. The molecule has 0 aliphatic carbocycles. The van der Waals surface area contributed by atoms with E-state index in [1.165, 1.54) is 16.7 Å². The fraction of sp³-hybridized carbons (Fsp3) is 0.214. The molecule has 0 radical (unpaired) electrons. The first kappa shape index (κ1) is 13.4. The molecular formula is C14H14BrClN2. The molecule has 2 nitrogen and oxygen atoms in total. The average Bonchev–Trinajstić information content (AvgIpc) is 2.34.